The summed E-state index contributed by atoms with van der Waals surface area (Å²) in [6.45, 7) is 0. The Labute approximate surface area is 131 Å². The molecule has 0 spiro atoms. The minimum Gasteiger partial charge on any atom is -0.356 e. The second-order valence-electron chi connectivity index (χ2n) is 0.894. The standard InChI is InChI=1S/Au.3NO3.3NO2/c;3*2-1(3)4;3*2-1-3/q+3;3*-1;;;. The molecular formula is AuN6O15. The predicted molar refractivity (Wildman–Crippen MR) is 57.7 cm³/mol. The van der Waals surface area contributed by atoms with Crippen LogP contribution in [0, 0.1) is 76.3 Å². The Bertz CT molecular complexity index is 208. The van der Waals surface area contributed by atoms with Crippen LogP contribution >= 0.6 is 0 Å². The Morgan fingerprint density at radius 1 is 0.500 bits per heavy atom. The van der Waals surface area contributed by atoms with Crippen molar-refractivity contribution in [3.05, 3.63) is 76.3 Å². The summed E-state index contributed by atoms with van der Waals surface area (Å²) >= 11 is 0. The molecule has 0 atom stereocenters. The Morgan fingerprint density at radius 2 is 0.500 bits per heavy atom. The van der Waals surface area contributed by atoms with E-state index in [1.807, 2.05) is 0 Å². The number of hydrogen-bond acceptors (Lipinski definition) is 18. The van der Waals surface area contributed by atoms with Crippen LogP contribution in [0.15, 0.2) is 0 Å². The Kier molecular flexibility index (Phi) is 128. The average molecular weight is 521 g/mol. The van der Waals surface area contributed by atoms with Crippen molar-refractivity contribution >= 4 is 0 Å². The SMILES string of the molecule is O=[N+]([O-])[O-].O=[N+]([O-])[O-].O=[N+]([O-])[O-].O=[N+][O-].O=[N+][O-].O=[N+][O-].[Au+3]. The van der Waals surface area contributed by atoms with Gasteiger partial charge in [0.05, 0.1) is 15.3 Å². The van der Waals surface area contributed by atoms with E-state index in [9.17, 15) is 0 Å². The van der Waals surface area contributed by atoms with Gasteiger partial charge in [-0.1, -0.05) is 0 Å². The minimum atomic E-state index is -1.75. The molecule has 0 amide bonds. The summed E-state index contributed by atoms with van der Waals surface area (Å²) in [5.74, 6) is 0. The summed E-state index contributed by atoms with van der Waals surface area (Å²) in [6, 6.07) is 0. The van der Waals surface area contributed by atoms with E-state index in [1.165, 1.54) is 0 Å². The van der Waals surface area contributed by atoms with Crippen molar-refractivity contribution in [2.24, 2.45) is 0 Å². The molecule has 22 heteroatoms. The van der Waals surface area contributed by atoms with E-state index in [1.54, 1.807) is 0 Å². The summed E-state index contributed by atoms with van der Waals surface area (Å²) in [5, 5.41) is 71.2. The van der Waals surface area contributed by atoms with Crippen LogP contribution in [0.4, 0.5) is 0 Å². The summed E-state index contributed by atoms with van der Waals surface area (Å²) in [4.78, 5) is 48.8. The van der Waals surface area contributed by atoms with E-state index in [-0.39, 0.29) is 22.4 Å². The maximum absolute atomic E-state index is 8.25. The molecule has 22 heavy (non-hydrogen) atoms. The minimum absolute atomic E-state index is 0. The zero-order chi connectivity index (χ0) is 18.9. The van der Waals surface area contributed by atoms with Gasteiger partial charge in [-0.05, 0) is 0 Å². The largest absolute Gasteiger partial charge is 3.00 e. The Hall–Kier alpha value is -3.46. The maximum atomic E-state index is 8.25. The first-order chi connectivity index (χ1) is 9.44. The molecular weight excluding hydrogens is 521 g/mol. The fourth-order valence-electron chi connectivity index (χ4n) is 0. The monoisotopic (exact) mass is 521 g/mol. The number of hydrogen-bond donors (Lipinski definition) is 0. The van der Waals surface area contributed by atoms with E-state index in [2.05, 4.69) is 0 Å². The summed E-state index contributed by atoms with van der Waals surface area (Å²) in [6.07, 6.45) is 0. The first-order valence-electron chi connectivity index (χ1n) is 2.74. The van der Waals surface area contributed by atoms with Gasteiger partial charge in [0.1, 0.15) is 0 Å². The maximum Gasteiger partial charge on any atom is 3.00 e. The van der Waals surface area contributed by atoms with Crippen molar-refractivity contribution in [2.75, 3.05) is 0 Å². The van der Waals surface area contributed by atoms with E-state index < -0.39 is 15.3 Å². The van der Waals surface area contributed by atoms with Crippen molar-refractivity contribution in [1.82, 2.24) is 16.0 Å². The molecule has 0 aliphatic heterocycles. The molecule has 0 aliphatic carbocycles. The summed E-state index contributed by atoms with van der Waals surface area (Å²) in [7, 11) is 0. The van der Waals surface area contributed by atoms with Crippen LogP contribution in [0.5, 0.6) is 0 Å². The molecule has 0 aliphatic rings. The van der Waals surface area contributed by atoms with Crippen molar-refractivity contribution in [2.45, 2.75) is 0 Å². The van der Waals surface area contributed by atoms with Gasteiger partial charge in [0.25, 0.3) is 0 Å². The topological polar surface area (TPSA) is 361 Å². The van der Waals surface area contributed by atoms with Gasteiger partial charge in [0.2, 0.25) is 0 Å². The van der Waals surface area contributed by atoms with Crippen LogP contribution in [-0.4, -0.2) is 15.3 Å². The van der Waals surface area contributed by atoms with Crippen LogP contribution < -0.4 is 16.0 Å². The third-order valence-electron chi connectivity index (χ3n) is 0. The predicted octanol–water partition coefficient (Wildman–Crippen LogP) is -1.96. The van der Waals surface area contributed by atoms with Crippen LogP contribution in [0.3, 0.4) is 0 Å². The molecule has 3 radical (unpaired) electrons. The van der Waals surface area contributed by atoms with E-state index in [0.29, 0.717) is 0 Å². The Balaban J connectivity index is -0.0000000245. The molecule has 0 bridgehead atoms. The van der Waals surface area contributed by atoms with Crippen molar-refractivity contribution in [1.29, 1.82) is 0 Å². The fraction of sp³-hybridized carbons (Fsp3) is 0. The third-order valence-corrected chi connectivity index (χ3v) is 0. The first-order valence-corrected chi connectivity index (χ1v) is 2.74. The normalized spacial score (nSPS) is 4.91. The van der Waals surface area contributed by atoms with Crippen LogP contribution in [0.1, 0.15) is 0 Å². The molecule has 0 aromatic carbocycles. The van der Waals surface area contributed by atoms with Crippen LogP contribution in [0.2, 0.25) is 0 Å². The van der Waals surface area contributed by atoms with Gasteiger partial charge in [-0.25, -0.2) is 0 Å². The molecule has 0 heterocycles. The molecule has 0 fully saturated rings. The molecule has 0 unspecified atom stereocenters. The second-order valence-corrected chi connectivity index (χ2v) is 0.894. The molecule has 0 aromatic heterocycles. The molecule has 0 saturated heterocycles. The second kappa shape index (κ2) is 65.8. The van der Waals surface area contributed by atoms with E-state index in [0.717, 1.165) is 16.0 Å². The van der Waals surface area contributed by atoms with Crippen LogP contribution in [-0.2, 0) is 22.4 Å². The van der Waals surface area contributed by atoms with E-state index in [4.69, 9.17) is 76.3 Å². The Morgan fingerprint density at radius 3 is 0.500 bits per heavy atom. The van der Waals surface area contributed by atoms with Gasteiger partial charge < -0.3 is 46.0 Å². The average Bonchev–Trinajstić information content (AvgIpc) is 2.16. The van der Waals surface area contributed by atoms with Crippen molar-refractivity contribution in [3.8, 4) is 0 Å². The quantitative estimate of drug-likeness (QED) is 0.190. The zero-order valence-electron chi connectivity index (χ0n) is 9.11. The van der Waals surface area contributed by atoms with Gasteiger partial charge in [-0.15, -0.1) is 0 Å². The molecule has 0 saturated carbocycles. The van der Waals surface area contributed by atoms with Gasteiger partial charge in [-0.2, -0.15) is 30.3 Å². The summed E-state index contributed by atoms with van der Waals surface area (Å²) < 4.78 is 0. The van der Waals surface area contributed by atoms with Crippen molar-refractivity contribution in [3.63, 3.8) is 0 Å². The fourth-order valence-corrected chi connectivity index (χ4v) is 0. The molecule has 0 N–H and O–H groups in total. The molecule has 0 aromatic rings. The molecule has 131 valence electrons. The van der Waals surface area contributed by atoms with Gasteiger partial charge >= 0.3 is 38.4 Å². The van der Waals surface area contributed by atoms with Crippen LogP contribution in [0.25, 0.3) is 0 Å². The number of nitrogens with zero attached hydrogens (tertiary/aromatic N) is 6. The van der Waals surface area contributed by atoms with Crippen molar-refractivity contribution < 1.29 is 37.6 Å². The molecule has 0 rings (SSSR count). The summed E-state index contributed by atoms with van der Waals surface area (Å²) in [5.41, 5.74) is 0. The smallest absolute Gasteiger partial charge is 0.356 e. The molecule has 21 nitrogen and oxygen atoms in total. The zero-order valence-corrected chi connectivity index (χ0v) is 11.3. The van der Waals surface area contributed by atoms with Gasteiger partial charge in [0, 0.05) is 0 Å². The third kappa shape index (κ3) is 334. The van der Waals surface area contributed by atoms with Gasteiger partial charge in [0.15, 0.2) is 0 Å². The number of rotatable bonds is 0. The first kappa shape index (κ1) is 42.8. The van der Waals surface area contributed by atoms with E-state index >= 15 is 0 Å². The van der Waals surface area contributed by atoms with Gasteiger partial charge in [-0.3, -0.25) is 0 Å².